The Balaban J connectivity index is 1.67. The molecule has 1 atom stereocenters. The van der Waals surface area contributed by atoms with E-state index in [1.54, 1.807) is 12.4 Å². The first-order valence-corrected chi connectivity index (χ1v) is 9.91. The van der Waals surface area contributed by atoms with Crippen LogP contribution in [0.4, 0.5) is 5.95 Å². The third kappa shape index (κ3) is 5.50. The van der Waals surface area contributed by atoms with Gasteiger partial charge in [-0.25, -0.2) is 9.97 Å². The van der Waals surface area contributed by atoms with Crippen LogP contribution in [0, 0.1) is 0 Å². The first kappa shape index (κ1) is 19.3. The van der Waals surface area contributed by atoms with Gasteiger partial charge in [-0.15, -0.1) is 0 Å². The number of anilines is 1. The van der Waals surface area contributed by atoms with Gasteiger partial charge in [0.1, 0.15) is 0 Å². The molecule has 27 heavy (non-hydrogen) atoms. The zero-order valence-corrected chi connectivity index (χ0v) is 16.0. The summed E-state index contributed by atoms with van der Waals surface area (Å²) in [5.41, 5.74) is 1.73. The molecule has 2 heterocycles. The molecule has 144 valence electrons. The van der Waals surface area contributed by atoms with E-state index in [-0.39, 0.29) is 11.9 Å². The van der Waals surface area contributed by atoms with Crippen LogP contribution in [0.15, 0.2) is 42.7 Å². The molecule has 1 aliphatic heterocycles. The second-order valence-corrected chi connectivity index (χ2v) is 6.91. The molecule has 0 spiro atoms. The highest BCUT2D eigenvalue weighted by molar-refractivity contribution is 5.93. The van der Waals surface area contributed by atoms with Gasteiger partial charge < -0.3 is 10.6 Å². The summed E-state index contributed by atoms with van der Waals surface area (Å²) in [5, 5.41) is 6.12. The van der Waals surface area contributed by atoms with Crippen LogP contribution in [-0.2, 0) is 0 Å². The Kier molecular flexibility index (Phi) is 7.16. The lowest BCUT2D eigenvalue weighted by atomic mass is 10.0. The summed E-state index contributed by atoms with van der Waals surface area (Å²) >= 11 is 0. The van der Waals surface area contributed by atoms with Gasteiger partial charge in [-0.2, -0.15) is 0 Å². The van der Waals surface area contributed by atoms with E-state index in [1.807, 2.05) is 13.0 Å². The van der Waals surface area contributed by atoms with Crippen molar-refractivity contribution in [2.24, 2.45) is 0 Å². The average molecular weight is 367 g/mol. The number of benzene rings is 1. The van der Waals surface area contributed by atoms with Crippen LogP contribution in [0.2, 0.25) is 0 Å². The van der Waals surface area contributed by atoms with Crippen molar-refractivity contribution in [3.05, 3.63) is 53.9 Å². The number of likely N-dealkylation sites (tertiary alicyclic amines) is 1. The molecular formula is C21H29N5O. The minimum absolute atomic E-state index is 0.131. The molecule has 0 radical (unpaired) electrons. The zero-order valence-electron chi connectivity index (χ0n) is 16.0. The molecule has 1 aromatic heterocycles. The van der Waals surface area contributed by atoms with Gasteiger partial charge in [0.25, 0.3) is 5.91 Å². The van der Waals surface area contributed by atoms with E-state index < -0.39 is 0 Å². The van der Waals surface area contributed by atoms with Crippen molar-refractivity contribution in [3.63, 3.8) is 0 Å². The van der Waals surface area contributed by atoms with Crippen LogP contribution < -0.4 is 10.6 Å². The molecule has 1 aromatic carbocycles. The third-order valence-electron chi connectivity index (χ3n) is 4.97. The largest absolute Gasteiger partial charge is 0.355 e. The van der Waals surface area contributed by atoms with E-state index >= 15 is 0 Å². The molecule has 1 fully saturated rings. The van der Waals surface area contributed by atoms with Crippen molar-refractivity contribution in [2.75, 3.05) is 31.5 Å². The molecular weight excluding hydrogens is 338 g/mol. The lowest BCUT2D eigenvalue weighted by Crippen LogP contribution is -2.38. The number of amides is 1. The Hall–Kier alpha value is -2.47. The molecule has 6 heteroatoms. The normalized spacial score (nSPS) is 16.3. The summed E-state index contributed by atoms with van der Waals surface area (Å²) in [5.74, 6) is 0.412. The maximum atomic E-state index is 12.6. The van der Waals surface area contributed by atoms with Gasteiger partial charge >= 0.3 is 0 Å². The number of aromatic nitrogens is 2. The topological polar surface area (TPSA) is 70.2 Å². The Bertz CT molecular complexity index is 696. The Labute approximate surface area is 161 Å². The van der Waals surface area contributed by atoms with Gasteiger partial charge in [0.15, 0.2) is 0 Å². The fourth-order valence-corrected chi connectivity index (χ4v) is 3.53. The standard InChI is InChI=1S/C21H29N5O/c1-2-22-21-24-14-18(15-25-21)20(27)23-16-19(17-10-6-5-7-11-17)26-12-8-3-4-9-13-26/h5-7,10-11,14-15,19H,2-4,8-9,12-13,16H2,1H3,(H,23,27)(H,22,24,25). The highest BCUT2D eigenvalue weighted by atomic mass is 16.1. The predicted octanol–water partition coefficient (Wildman–Crippen LogP) is 3.26. The van der Waals surface area contributed by atoms with Crippen molar-refractivity contribution in [3.8, 4) is 0 Å². The van der Waals surface area contributed by atoms with Crippen LogP contribution in [0.5, 0.6) is 0 Å². The number of nitrogens with zero attached hydrogens (tertiary/aromatic N) is 3. The van der Waals surface area contributed by atoms with Gasteiger partial charge in [-0.05, 0) is 38.4 Å². The second kappa shape index (κ2) is 10.0. The van der Waals surface area contributed by atoms with Crippen molar-refractivity contribution in [1.82, 2.24) is 20.2 Å². The van der Waals surface area contributed by atoms with E-state index in [2.05, 4.69) is 49.8 Å². The number of hydrogen-bond donors (Lipinski definition) is 2. The maximum Gasteiger partial charge on any atom is 0.254 e. The monoisotopic (exact) mass is 367 g/mol. The quantitative estimate of drug-likeness (QED) is 0.786. The molecule has 1 aliphatic rings. The fraction of sp³-hybridized carbons (Fsp3) is 0.476. The van der Waals surface area contributed by atoms with E-state index in [9.17, 15) is 4.79 Å². The van der Waals surface area contributed by atoms with Crippen LogP contribution in [0.25, 0.3) is 0 Å². The summed E-state index contributed by atoms with van der Waals surface area (Å²) < 4.78 is 0. The second-order valence-electron chi connectivity index (χ2n) is 6.91. The first-order chi connectivity index (χ1) is 13.3. The van der Waals surface area contributed by atoms with Crippen molar-refractivity contribution < 1.29 is 4.79 Å². The van der Waals surface area contributed by atoms with E-state index in [0.717, 1.165) is 19.6 Å². The Morgan fingerprint density at radius 2 is 1.74 bits per heavy atom. The minimum atomic E-state index is -0.131. The molecule has 0 bridgehead atoms. The van der Waals surface area contributed by atoms with Gasteiger partial charge in [-0.1, -0.05) is 43.2 Å². The predicted molar refractivity (Wildman–Crippen MR) is 108 cm³/mol. The summed E-state index contributed by atoms with van der Waals surface area (Å²) in [6, 6.07) is 10.6. The third-order valence-corrected chi connectivity index (χ3v) is 4.97. The zero-order chi connectivity index (χ0) is 18.9. The minimum Gasteiger partial charge on any atom is -0.355 e. The van der Waals surface area contributed by atoms with E-state index in [1.165, 1.54) is 31.2 Å². The van der Waals surface area contributed by atoms with Crippen molar-refractivity contribution in [1.29, 1.82) is 0 Å². The molecule has 6 nitrogen and oxygen atoms in total. The van der Waals surface area contributed by atoms with Crippen LogP contribution in [0.1, 0.15) is 54.6 Å². The van der Waals surface area contributed by atoms with Crippen LogP contribution >= 0.6 is 0 Å². The first-order valence-electron chi connectivity index (χ1n) is 9.91. The van der Waals surface area contributed by atoms with E-state index in [4.69, 9.17) is 0 Å². The fourth-order valence-electron chi connectivity index (χ4n) is 3.53. The highest BCUT2D eigenvalue weighted by Gasteiger charge is 2.22. The highest BCUT2D eigenvalue weighted by Crippen LogP contribution is 2.23. The van der Waals surface area contributed by atoms with Gasteiger partial charge in [-0.3, -0.25) is 9.69 Å². The molecule has 2 N–H and O–H groups in total. The van der Waals surface area contributed by atoms with Crippen LogP contribution in [0.3, 0.4) is 0 Å². The van der Waals surface area contributed by atoms with Crippen molar-refractivity contribution >= 4 is 11.9 Å². The summed E-state index contributed by atoms with van der Waals surface area (Å²) in [4.78, 5) is 23.4. The summed E-state index contributed by atoms with van der Waals surface area (Å²) in [6.45, 7) is 5.47. The van der Waals surface area contributed by atoms with Gasteiger partial charge in [0.2, 0.25) is 5.95 Å². The van der Waals surface area contributed by atoms with Crippen molar-refractivity contribution in [2.45, 2.75) is 38.6 Å². The summed E-state index contributed by atoms with van der Waals surface area (Å²) in [7, 11) is 0. The number of carbonyl (C=O) groups is 1. The molecule has 3 rings (SSSR count). The van der Waals surface area contributed by atoms with Gasteiger partial charge in [0.05, 0.1) is 11.6 Å². The maximum absolute atomic E-state index is 12.6. The average Bonchev–Trinajstić information content (AvgIpc) is 2.99. The number of hydrogen-bond acceptors (Lipinski definition) is 5. The Morgan fingerprint density at radius 3 is 2.37 bits per heavy atom. The molecule has 1 saturated heterocycles. The number of rotatable bonds is 7. The van der Waals surface area contributed by atoms with Crippen LogP contribution in [-0.4, -0.2) is 47.0 Å². The molecule has 0 aliphatic carbocycles. The lowest BCUT2D eigenvalue weighted by Gasteiger charge is -2.31. The van der Waals surface area contributed by atoms with Gasteiger partial charge in [0, 0.05) is 25.5 Å². The SMILES string of the molecule is CCNc1ncc(C(=O)NCC(c2ccccc2)N2CCCCCC2)cn1. The lowest BCUT2D eigenvalue weighted by molar-refractivity contribution is 0.0932. The number of nitrogens with one attached hydrogen (secondary N) is 2. The molecule has 1 unspecified atom stereocenters. The number of carbonyl (C=O) groups excluding carboxylic acids is 1. The molecule has 0 saturated carbocycles. The smallest absolute Gasteiger partial charge is 0.254 e. The Morgan fingerprint density at radius 1 is 1.07 bits per heavy atom. The van der Waals surface area contributed by atoms with E-state index in [0.29, 0.717) is 18.1 Å². The molecule has 1 amide bonds. The molecule has 2 aromatic rings. The summed E-state index contributed by atoms with van der Waals surface area (Å²) in [6.07, 6.45) is 8.17.